The first-order chi connectivity index (χ1) is 9.62. The number of nitrogens with one attached hydrogen (secondary N) is 1. The zero-order valence-corrected chi connectivity index (χ0v) is 14.1. The Morgan fingerprint density at radius 3 is 2.19 bits per heavy atom. The van der Waals surface area contributed by atoms with Crippen molar-refractivity contribution in [2.45, 2.75) is 40.2 Å². The molecule has 0 radical (unpaired) electrons. The van der Waals surface area contributed by atoms with Crippen LogP contribution in [0.25, 0.3) is 0 Å². The molecular weight excluding hydrogens is 288 g/mol. The van der Waals surface area contributed by atoms with E-state index in [2.05, 4.69) is 5.32 Å². The lowest BCUT2D eigenvalue weighted by Gasteiger charge is -2.26. The number of para-hydroxylation sites is 1. The number of benzene rings is 1. The van der Waals surface area contributed by atoms with Crippen LogP contribution in [0.4, 0.5) is 5.69 Å². The lowest BCUT2D eigenvalue weighted by molar-refractivity contribution is -0.121. The quantitative estimate of drug-likeness (QED) is 0.873. The van der Waals surface area contributed by atoms with Crippen molar-refractivity contribution in [1.82, 2.24) is 5.32 Å². The third-order valence-corrected chi connectivity index (χ3v) is 4.25. The molecule has 0 spiro atoms. The maximum absolute atomic E-state index is 12.1. The number of aryl methyl sites for hydroxylation is 2. The van der Waals surface area contributed by atoms with Crippen molar-refractivity contribution in [3.63, 3.8) is 0 Å². The molecule has 0 aliphatic carbocycles. The van der Waals surface area contributed by atoms with Gasteiger partial charge in [-0.25, -0.2) is 8.42 Å². The van der Waals surface area contributed by atoms with Crippen LogP contribution in [0.1, 0.15) is 31.4 Å². The molecule has 118 valence electrons. The van der Waals surface area contributed by atoms with Gasteiger partial charge >= 0.3 is 0 Å². The highest BCUT2D eigenvalue weighted by Gasteiger charge is 2.21. The van der Waals surface area contributed by atoms with Crippen molar-refractivity contribution in [2.75, 3.05) is 17.1 Å². The van der Waals surface area contributed by atoms with Crippen molar-refractivity contribution in [3.8, 4) is 0 Å². The first kappa shape index (κ1) is 17.5. The van der Waals surface area contributed by atoms with Crippen LogP contribution < -0.4 is 9.62 Å². The van der Waals surface area contributed by atoms with Crippen LogP contribution in [0.2, 0.25) is 0 Å². The second-order valence-corrected chi connectivity index (χ2v) is 7.45. The van der Waals surface area contributed by atoms with Gasteiger partial charge in [0.15, 0.2) is 0 Å². The number of hydrogen-bond donors (Lipinski definition) is 1. The molecule has 0 atom stereocenters. The van der Waals surface area contributed by atoms with E-state index in [0.29, 0.717) is 5.69 Å². The highest BCUT2D eigenvalue weighted by atomic mass is 32.2. The van der Waals surface area contributed by atoms with E-state index in [4.69, 9.17) is 0 Å². The first-order valence-corrected chi connectivity index (χ1v) is 8.81. The van der Waals surface area contributed by atoms with Gasteiger partial charge in [-0.1, -0.05) is 18.2 Å². The Bertz CT molecular complexity index is 589. The Morgan fingerprint density at radius 1 is 1.24 bits per heavy atom. The number of nitrogens with zero attached hydrogens (tertiary/aromatic N) is 1. The van der Waals surface area contributed by atoms with Gasteiger partial charge in [-0.15, -0.1) is 0 Å². The zero-order valence-electron chi connectivity index (χ0n) is 13.3. The molecule has 0 aliphatic heterocycles. The zero-order chi connectivity index (χ0) is 16.2. The summed E-state index contributed by atoms with van der Waals surface area (Å²) < 4.78 is 25.4. The van der Waals surface area contributed by atoms with E-state index in [1.807, 2.05) is 45.9 Å². The van der Waals surface area contributed by atoms with Crippen LogP contribution in [0.5, 0.6) is 0 Å². The molecule has 1 aromatic rings. The largest absolute Gasteiger partial charge is 0.354 e. The fraction of sp³-hybridized carbons (Fsp3) is 0.533. The number of carbonyl (C=O) groups excluding carboxylic acids is 1. The predicted octanol–water partition coefficient (Wildman–Crippen LogP) is 1.98. The van der Waals surface area contributed by atoms with Gasteiger partial charge in [-0.2, -0.15) is 0 Å². The molecule has 1 aromatic carbocycles. The fourth-order valence-corrected chi connectivity index (χ4v) is 3.28. The van der Waals surface area contributed by atoms with Gasteiger partial charge in [0.25, 0.3) is 0 Å². The van der Waals surface area contributed by atoms with E-state index in [9.17, 15) is 13.2 Å². The summed E-state index contributed by atoms with van der Waals surface area (Å²) in [6, 6.07) is 5.67. The third kappa shape index (κ3) is 5.04. The molecule has 1 rings (SSSR count). The topological polar surface area (TPSA) is 66.5 Å². The van der Waals surface area contributed by atoms with Crippen LogP contribution in [-0.4, -0.2) is 33.2 Å². The molecule has 0 heterocycles. The summed E-state index contributed by atoms with van der Waals surface area (Å²) in [7, 11) is -3.43. The average Bonchev–Trinajstić information content (AvgIpc) is 2.30. The highest BCUT2D eigenvalue weighted by molar-refractivity contribution is 7.92. The molecule has 6 heteroatoms. The molecule has 0 fully saturated rings. The Labute approximate surface area is 127 Å². The number of carbonyl (C=O) groups is 1. The molecule has 0 unspecified atom stereocenters. The third-order valence-electron chi connectivity index (χ3n) is 3.08. The maximum atomic E-state index is 12.1. The SMILES string of the molecule is Cc1cccc(C)c1N(CCC(=O)NC(C)C)S(C)(=O)=O. The molecule has 0 bridgehead atoms. The lowest BCUT2D eigenvalue weighted by atomic mass is 10.1. The lowest BCUT2D eigenvalue weighted by Crippen LogP contribution is -2.37. The Kier molecular flexibility index (Phi) is 5.78. The summed E-state index contributed by atoms with van der Waals surface area (Å²) >= 11 is 0. The number of amides is 1. The van der Waals surface area contributed by atoms with Gasteiger partial charge in [0.05, 0.1) is 11.9 Å². The van der Waals surface area contributed by atoms with Gasteiger partial charge in [0.2, 0.25) is 15.9 Å². The highest BCUT2D eigenvalue weighted by Crippen LogP contribution is 2.26. The summed E-state index contributed by atoms with van der Waals surface area (Å²) in [6.07, 6.45) is 1.30. The minimum atomic E-state index is -3.43. The number of rotatable bonds is 6. The molecule has 5 nitrogen and oxygen atoms in total. The van der Waals surface area contributed by atoms with Crippen LogP contribution in [0.3, 0.4) is 0 Å². The van der Waals surface area contributed by atoms with Gasteiger partial charge in [-0.3, -0.25) is 9.10 Å². The summed E-state index contributed by atoms with van der Waals surface area (Å²) in [5, 5.41) is 2.77. The molecule has 1 amide bonds. The van der Waals surface area contributed by atoms with Gasteiger partial charge in [0.1, 0.15) is 0 Å². The van der Waals surface area contributed by atoms with Crippen molar-refractivity contribution in [2.24, 2.45) is 0 Å². The summed E-state index contributed by atoms with van der Waals surface area (Å²) in [5.41, 5.74) is 2.42. The van der Waals surface area contributed by atoms with Crippen LogP contribution >= 0.6 is 0 Å². The van der Waals surface area contributed by atoms with E-state index in [-0.39, 0.29) is 24.9 Å². The van der Waals surface area contributed by atoms with E-state index >= 15 is 0 Å². The number of anilines is 1. The molecule has 0 aromatic heterocycles. The van der Waals surface area contributed by atoms with Crippen molar-refractivity contribution < 1.29 is 13.2 Å². The minimum absolute atomic E-state index is 0.0457. The second-order valence-electron chi connectivity index (χ2n) is 5.55. The Hall–Kier alpha value is -1.56. The normalized spacial score (nSPS) is 11.5. The molecule has 21 heavy (non-hydrogen) atoms. The first-order valence-electron chi connectivity index (χ1n) is 6.96. The molecule has 0 saturated carbocycles. The Morgan fingerprint density at radius 2 is 1.76 bits per heavy atom. The molecule has 0 aliphatic rings. The van der Waals surface area contributed by atoms with E-state index in [1.54, 1.807) is 0 Å². The van der Waals surface area contributed by atoms with Gasteiger partial charge in [-0.05, 0) is 38.8 Å². The van der Waals surface area contributed by atoms with E-state index in [1.165, 1.54) is 10.6 Å². The summed E-state index contributed by atoms with van der Waals surface area (Å²) in [4.78, 5) is 11.8. The van der Waals surface area contributed by atoms with Crippen molar-refractivity contribution >= 4 is 21.6 Å². The second kappa shape index (κ2) is 6.93. The summed E-state index contributed by atoms with van der Waals surface area (Å²) in [6.45, 7) is 7.63. The molecule has 1 N–H and O–H groups in total. The monoisotopic (exact) mass is 312 g/mol. The van der Waals surface area contributed by atoms with E-state index in [0.717, 1.165) is 11.1 Å². The van der Waals surface area contributed by atoms with Crippen molar-refractivity contribution in [1.29, 1.82) is 0 Å². The van der Waals surface area contributed by atoms with Gasteiger partial charge < -0.3 is 5.32 Å². The maximum Gasteiger partial charge on any atom is 0.232 e. The van der Waals surface area contributed by atoms with E-state index < -0.39 is 10.0 Å². The summed E-state index contributed by atoms with van der Waals surface area (Å²) in [5.74, 6) is -0.148. The van der Waals surface area contributed by atoms with Crippen molar-refractivity contribution in [3.05, 3.63) is 29.3 Å². The smallest absolute Gasteiger partial charge is 0.232 e. The minimum Gasteiger partial charge on any atom is -0.354 e. The van der Waals surface area contributed by atoms with Crippen LogP contribution in [0.15, 0.2) is 18.2 Å². The van der Waals surface area contributed by atoms with Gasteiger partial charge in [0, 0.05) is 19.0 Å². The van der Waals surface area contributed by atoms with Crippen LogP contribution in [-0.2, 0) is 14.8 Å². The van der Waals surface area contributed by atoms with Crippen LogP contribution in [0, 0.1) is 13.8 Å². The Balaban J connectivity index is 3.01. The fourth-order valence-electron chi connectivity index (χ4n) is 2.24. The average molecular weight is 312 g/mol. The molecule has 0 saturated heterocycles. The number of sulfonamides is 1. The standard InChI is InChI=1S/C15H24N2O3S/c1-11(2)16-14(18)9-10-17(21(5,19)20)15-12(3)7-6-8-13(15)4/h6-8,11H,9-10H2,1-5H3,(H,16,18). The molecular formula is C15H24N2O3S. The number of hydrogen-bond acceptors (Lipinski definition) is 3. The predicted molar refractivity (Wildman–Crippen MR) is 86.0 cm³/mol.